The summed E-state index contributed by atoms with van der Waals surface area (Å²) in [6, 6.07) is 0. The van der Waals surface area contributed by atoms with E-state index in [0.717, 1.165) is 0 Å². The van der Waals surface area contributed by atoms with Gasteiger partial charge in [-0.1, -0.05) is 6.42 Å². The van der Waals surface area contributed by atoms with Crippen LogP contribution in [-0.4, -0.2) is 37.0 Å². The van der Waals surface area contributed by atoms with Gasteiger partial charge in [-0.2, -0.15) is 39.5 Å². The Labute approximate surface area is 117 Å². The van der Waals surface area contributed by atoms with E-state index in [-0.39, 0.29) is 24.6 Å². The fraction of sp³-hybridized carbons (Fsp3) is 1.00. The van der Waals surface area contributed by atoms with Crippen molar-refractivity contribution in [1.82, 2.24) is 5.32 Å². The number of alkyl halides is 11. The lowest BCUT2D eigenvalue weighted by atomic mass is 9.96. The first-order chi connectivity index (χ1) is 9.70. The molecule has 0 saturated carbocycles. The van der Waals surface area contributed by atoms with Crippen LogP contribution < -0.4 is 5.32 Å². The highest BCUT2D eigenvalue weighted by Gasteiger charge is 2.84. The van der Waals surface area contributed by atoms with Crippen LogP contribution in [0.4, 0.5) is 48.3 Å². The van der Waals surface area contributed by atoms with Gasteiger partial charge in [-0.15, -0.1) is 0 Å². The fourth-order valence-corrected chi connectivity index (χ4v) is 1.63. The van der Waals surface area contributed by atoms with Gasteiger partial charge in [0, 0.05) is 0 Å². The largest absolute Gasteiger partial charge is 0.424 e. The van der Waals surface area contributed by atoms with Crippen molar-refractivity contribution in [2.24, 2.45) is 0 Å². The van der Waals surface area contributed by atoms with Crippen molar-refractivity contribution < 1.29 is 48.3 Å². The molecule has 0 aromatic carbocycles. The minimum atomic E-state index is -6.85. The van der Waals surface area contributed by atoms with Crippen LogP contribution >= 0.6 is 0 Å². The van der Waals surface area contributed by atoms with E-state index in [0.29, 0.717) is 0 Å². The maximum atomic E-state index is 13.2. The predicted octanol–water partition coefficient (Wildman–Crippen LogP) is 4.83. The van der Waals surface area contributed by atoms with E-state index >= 15 is 0 Å². The summed E-state index contributed by atoms with van der Waals surface area (Å²) in [7, 11) is 0. The molecule has 0 aliphatic rings. The predicted molar refractivity (Wildman–Crippen MR) is 53.4 cm³/mol. The Morgan fingerprint density at radius 1 is 0.682 bits per heavy atom. The van der Waals surface area contributed by atoms with Gasteiger partial charge < -0.3 is 0 Å². The van der Waals surface area contributed by atoms with Crippen molar-refractivity contribution >= 4 is 0 Å². The summed E-state index contributed by atoms with van der Waals surface area (Å²) in [4.78, 5) is 0. The van der Waals surface area contributed by atoms with Crippen LogP contribution in [-0.2, 0) is 0 Å². The molecule has 0 fully saturated rings. The maximum Gasteiger partial charge on any atom is 0.424 e. The van der Waals surface area contributed by atoms with Gasteiger partial charge in [0.05, 0.1) is 6.67 Å². The monoisotopic (exact) mass is 355 g/mol. The van der Waals surface area contributed by atoms with Gasteiger partial charge in [-0.05, 0) is 19.3 Å². The SMILES string of the molecule is FCCCCCC(F)NC(C(F)(F)F)(C(F)(F)F)C(F)(F)F. The van der Waals surface area contributed by atoms with Crippen molar-refractivity contribution in [2.75, 3.05) is 6.67 Å². The van der Waals surface area contributed by atoms with Gasteiger partial charge in [0.15, 0.2) is 6.30 Å². The van der Waals surface area contributed by atoms with E-state index in [1.807, 2.05) is 0 Å². The topological polar surface area (TPSA) is 12.0 Å². The van der Waals surface area contributed by atoms with E-state index < -0.39 is 43.5 Å². The van der Waals surface area contributed by atoms with Gasteiger partial charge in [0.1, 0.15) is 0 Å². The molecule has 0 heterocycles. The summed E-state index contributed by atoms with van der Waals surface area (Å²) in [5, 5.41) is -0.00817. The van der Waals surface area contributed by atoms with Crippen LogP contribution in [0.1, 0.15) is 25.7 Å². The highest BCUT2D eigenvalue weighted by Crippen LogP contribution is 2.52. The molecule has 0 bridgehead atoms. The number of hydrogen-bond donors (Lipinski definition) is 1. The molecule has 0 aromatic rings. The molecule has 12 heteroatoms. The molecular weight excluding hydrogens is 343 g/mol. The third-order valence-electron chi connectivity index (χ3n) is 2.74. The molecule has 0 radical (unpaired) electrons. The Balaban J connectivity index is 5.35. The number of rotatable bonds is 7. The third kappa shape index (κ3) is 4.59. The quantitative estimate of drug-likeness (QED) is 0.392. The second-order valence-corrected chi connectivity index (χ2v) is 4.39. The summed E-state index contributed by atoms with van der Waals surface area (Å²) in [5.41, 5.74) is -6.37. The van der Waals surface area contributed by atoms with Gasteiger partial charge in [-0.3, -0.25) is 9.71 Å². The molecule has 134 valence electrons. The first kappa shape index (κ1) is 21.2. The van der Waals surface area contributed by atoms with Crippen molar-refractivity contribution in [3.63, 3.8) is 0 Å². The molecule has 1 atom stereocenters. The van der Waals surface area contributed by atoms with E-state index in [9.17, 15) is 48.3 Å². The second kappa shape index (κ2) is 7.18. The van der Waals surface area contributed by atoms with Gasteiger partial charge in [0.25, 0.3) is 0 Å². The van der Waals surface area contributed by atoms with Crippen LogP contribution in [0.25, 0.3) is 0 Å². The summed E-state index contributed by atoms with van der Waals surface area (Å²) in [6.07, 6.45) is -25.4. The van der Waals surface area contributed by atoms with Crippen molar-refractivity contribution in [3.05, 3.63) is 0 Å². The van der Waals surface area contributed by atoms with E-state index in [1.165, 1.54) is 0 Å². The molecule has 1 N–H and O–H groups in total. The lowest BCUT2D eigenvalue weighted by Gasteiger charge is -2.40. The minimum Gasteiger partial charge on any atom is -0.258 e. The number of nitrogens with one attached hydrogen (secondary N) is 1. The van der Waals surface area contributed by atoms with Gasteiger partial charge >= 0.3 is 24.1 Å². The summed E-state index contributed by atoms with van der Waals surface area (Å²) in [6.45, 7) is -0.845. The Bertz CT molecular complexity index is 293. The first-order valence-corrected chi connectivity index (χ1v) is 5.88. The molecule has 0 rings (SSSR count). The van der Waals surface area contributed by atoms with Crippen molar-refractivity contribution in [3.8, 4) is 0 Å². The molecule has 0 aromatic heterocycles. The third-order valence-corrected chi connectivity index (χ3v) is 2.74. The van der Waals surface area contributed by atoms with E-state index in [4.69, 9.17) is 0 Å². The van der Waals surface area contributed by atoms with E-state index in [2.05, 4.69) is 0 Å². The summed E-state index contributed by atoms with van der Waals surface area (Å²) in [5.74, 6) is 0. The minimum absolute atomic E-state index is 0.00817. The zero-order valence-electron chi connectivity index (χ0n) is 10.8. The fourth-order valence-electron chi connectivity index (χ4n) is 1.63. The van der Waals surface area contributed by atoms with Gasteiger partial charge in [0.2, 0.25) is 0 Å². The highest BCUT2D eigenvalue weighted by atomic mass is 19.4. The number of hydrogen-bond acceptors (Lipinski definition) is 1. The molecular formula is C10H12F11N. The summed E-state index contributed by atoms with van der Waals surface area (Å²) < 4.78 is 137. The Morgan fingerprint density at radius 2 is 1.09 bits per heavy atom. The number of unbranched alkanes of at least 4 members (excludes halogenated alkanes) is 2. The average molecular weight is 355 g/mol. The maximum absolute atomic E-state index is 13.2. The molecule has 1 nitrogen and oxygen atoms in total. The Kier molecular flexibility index (Phi) is 6.91. The van der Waals surface area contributed by atoms with Crippen LogP contribution in [0.5, 0.6) is 0 Å². The van der Waals surface area contributed by atoms with Crippen LogP contribution in [0.2, 0.25) is 0 Å². The smallest absolute Gasteiger partial charge is 0.258 e. The molecule has 0 saturated heterocycles. The van der Waals surface area contributed by atoms with Crippen molar-refractivity contribution in [1.29, 1.82) is 0 Å². The van der Waals surface area contributed by atoms with Gasteiger partial charge in [-0.25, -0.2) is 4.39 Å². The highest BCUT2D eigenvalue weighted by molar-refractivity contribution is 5.08. The number of halogens is 11. The zero-order chi connectivity index (χ0) is 17.8. The summed E-state index contributed by atoms with van der Waals surface area (Å²) >= 11 is 0. The lowest BCUT2D eigenvalue weighted by Crippen LogP contribution is -2.75. The second-order valence-electron chi connectivity index (χ2n) is 4.39. The standard InChI is InChI=1S/C10H12F11N/c11-5-3-1-2-4-6(12)22-7(8(13,14)15,9(16,17)18)10(19,20)21/h6,22H,1-5H2. The average Bonchev–Trinajstić information content (AvgIpc) is 2.26. The Morgan fingerprint density at radius 3 is 1.41 bits per heavy atom. The molecule has 22 heavy (non-hydrogen) atoms. The molecule has 0 spiro atoms. The van der Waals surface area contributed by atoms with Crippen LogP contribution in [0.3, 0.4) is 0 Å². The first-order valence-electron chi connectivity index (χ1n) is 5.88. The van der Waals surface area contributed by atoms with Crippen molar-refractivity contribution in [2.45, 2.75) is 56.0 Å². The van der Waals surface area contributed by atoms with Crippen LogP contribution in [0.15, 0.2) is 0 Å². The lowest BCUT2D eigenvalue weighted by molar-refractivity contribution is -0.394. The molecule has 0 aliphatic carbocycles. The molecule has 0 aliphatic heterocycles. The molecule has 0 amide bonds. The van der Waals surface area contributed by atoms with Crippen LogP contribution in [0, 0.1) is 0 Å². The zero-order valence-corrected chi connectivity index (χ0v) is 10.8. The normalized spacial score (nSPS) is 16.0. The molecule has 1 unspecified atom stereocenters. The Hall–Kier alpha value is -0.810. The van der Waals surface area contributed by atoms with E-state index in [1.54, 1.807) is 0 Å².